The topological polar surface area (TPSA) is 43.2 Å². The fourth-order valence-corrected chi connectivity index (χ4v) is 4.09. The number of para-hydroxylation sites is 1. The summed E-state index contributed by atoms with van der Waals surface area (Å²) in [6.07, 6.45) is 6.25. The van der Waals surface area contributed by atoms with Crippen LogP contribution in [0.15, 0.2) is 73.1 Å². The first-order valence-electron chi connectivity index (χ1n) is 10.1. The normalized spacial score (nSPS) is 17.0. The molecule has 0 bridgehead atoms. The minimum atomic E-state index is 0.542. The van der Waals surface area contributed by atoms with E-state index in [1.807, 2.05) is 54.9 Å². The lowest BCUT2D eigenvalue weighted by atomic mass is 10.1. The highest BCUT2D eigenvalue weighted by atomic mass is 16.5. The molecule has 5 rings (SSSR count). The van der Waals surface area contributed by atoms with Gasteiger partial charge in [0.05, 0.1) is 12.1 Å². The summed E-state index contributed by atoms with van der Waals surface area (Å²) < 4.78 is 8.06. The predicted molar refractivity (Wildman–Crippen MR) is 118 cm³/mol. The van der Waals surface area contributed by atoms with Gasteiger partial charge in [-0.15, -0.1) is 0 Å². The molecule has 0 unspecified atom stereocenters. The second kappa shape index (κ2) is 7.72. The highest BCUT2D eigenvalue weighted by Gasteiger charge is 2.23. The van der Waals surface area contributed by atoms with Crippen LogP contribution < -0.4 is 4.74 Å². The fourth-order valence-electron chi connectivity index (χ4n) is 4.09. The van der Waals surface area contributed by atoms with Gasteiger partial charge in [-0.25, -0.2) is 0 Å². The Hall–Kier alpha value is -3.12. The van der Waals surface area contributed by atoms with Crippen LogP contribution in [0, 0.1) is 0 Å². The monoisotopic (exact) mass is 382 g/mol. The van der Waals surface area contributed by atoms with Crippen LogP contribution in [0.2, 0.25) is 0 Å². The summed E-state index contributed by atoms with van der Waals surface area (Å²) in [6, 6.07) is 20.6. The Morgan fingerprint density at radius 2 is 1.79 bits per heavy atom. The van der Waals surface area contributed by atoms with E-state index < -0.39 is 0 Å². The van der Waals surface area contributed by atoms with Crippen molar-refractivity contribution in [3.05, 3.63) is 73.1 Å². The number of pyridine rings is 1. The Morgan fingerprint density at radius 1 is 1.00 bits per heavy atom. The molecule has 1 aliphatic rings. The fraction of sp³-hybridized carbons (Fsp3) is 0.217. The van der Waals surface area contributed by atoms with Crippen LogP contribution in [0.3, 0.4) is 0 Å². The average Bonchev–Trinajstić information content (AvgIpc) is 3.34. The lowest BCUT2D eigenvalue weighted by Crippen LogP contribution is -2.30. The quantitative estimate of drug-likeness (QED) is 0.491. The van der Waals surface area contributed by atoms with Gasteiger partial charge in [-0.05, 0) is 61.9 Å². The van der Waals surface area contributed by atoms with E-state index >= 15 is 0 Å². The molecule has 6 heteroatoms. The minimum absolute atomic E-state index is 0.542. The first-order chi connectivity index (χ1) is 14.3. The number of fused-ring (bicyclic) bond motifs is 1. The third-order valence-electron chi connectivity index (χ3n) is 5.71. The van der Waals surface area contributed by atoms with Gasteiger partial charge in [0.1, 0.15) is 17.2 Å². The summed E-state index contributed by atoms with van der Waals surface area (Å²) in [5.41, 5.74) is 3.18. The third kappa shape index (κ3) is 3.63. The first-order valence-corrected chi connectivity index (χ1v) is 10.1. The molecule has 1 saturated heterocycles. The average molecular weight is 382 g/mol. The molecular formula is C23H23BN4O. The van der Waals surface area contributed by atoms with E-state index in [1.54, 1.807) is 0 Å². The molecule has 1 atom stereocenters. The second-order valence-corrected chi connectivity index (χ2v) is 7.64. The van der Waals surface area contributed by atoms with E-state index in [-0.39, 0.29) is 0 Å². The number of nitrogens with zero attached hydrogens (tertiary/aromatic N) is 4. The summed E-state index contributed by atoms with van der Waals surface area (Å²) in [5, 5.41) is 6.07. The van der Waals surface area contributed by atoms with Crippen LogP contribution in [0.1, 0.15) is 12.8 Å². The molecule has 144 valence electrons. The lowest BCUT2D eigenvalue weighted by Gasteiger charge is -2.20. The van der Waals surface area contributed by atoms with Crippen molar-refractivity contribution in [2.24, 2.45) is 0 Å². The lowest BCUT2D eigenvalue weighted by molar-refractivity contribution is 0.364. The predicted octanol–water partition coefficient (Wildman–Crippen LogP) is 3.90. The number of ether oxygens (including phenoxy) is 1. The van der Waals surface area contributed by atoms with Crippen molar-refractivity contribution in [1.29, 1.82) is 0 Å². The van der Waals surface area contributed by atoms with Gasteiger partial charge in [-0.1, -0.05) is 18.2 Å². The molecule has 0 saturated carbocycles. The zero-order chi connectivity index (χ0) is 19.6. The maximum absolute atomic E-state index is 5.92. The third-order valence-corrected chi connectivity index (χ3v) is 5.71. The van der Waals surface area contributed by atoms with Crippen molar-refractivity contribution in [2.75, 3.05) is 6.54 Å². The molecule has 1 aliphatic heterocycles. The van der Waals surface area contributed by atoms with Crippen molar-refractivity contribution in [3.8, 4) is 22.8 Å². The van der Waals surface area contributed by atoms with Crippen LogP contribution >= 0.6 is 0 Å². The number of hydrogen-bond acceptors (Lipinski definition) is 4. The smallest absolute Gasteiger partial charge is 0.185 e. The van der Waals surface area contributed by atoms with Crippen LogP contribution in [0.5, 0.6) is 11.5 Å². The van der Waals surface area contributed by atoms with E-state index in [0.717, 1.165) is 40.2 Å². The molecule has 0 radical (unpaired) electrons. The molecule has 0 spiro atoms. The van der Waals surface area contributed by atoms with E-state index in [2.05, 4.69) is 40.7 Å². The Balaban J connectivity index is 1.45. The molecule has 5 nitrogen and oxygen atoms in total. The molecule has 3 heterocycles. The second-order valence-electron chi connectivity index (χ2n) is 7.64. The first kappa shape index (κ1) is 17.9. The number of rotatable bonds is 5. The largest absolute Gasteiger partial charge is 0.457 e. The van der Waals surface area contributed by atoms with Crippen LogP contribution in [-0.4, -0.2) is 40.1 Å². The highest BCUT2D eigenvalue weighted by molar-refractivity contribution is 6.04. The number of aromatic nitrogens is 3. The molecular weight excluding hydrogens is 359 g/mol. The van der Waals surface area contributed by atoms with E-state index in [1.165, 1.54) is 19.4 Å². The van der Waals surface area contributed by atoms with E-state index in [9.17, 15) is 0 Å². The van der Waals surface area contributed by atoms with Crippen LogP contribution in [0.25, 0.3) is 22.2 Å². The Morgan fingerprint density at radius 3 is 2.55 bits per heavy atom. The van der Waals surface area contributed by atoms with Gasteiger partial charge in [0.15, 0.2) is 7.98 Å². The maximum Gasteiger partial charge on any atom is 0.185 e. The molecule has 4 aromatic rings. The summed E-state index contributed by atoms with van der Waals surface area (Å²) in [6.45, 7) is 2.08. The zero-order valence-electron chi connectivity index (χ0n) is 16.5. The summed E-state index contributed by atoms with van der Waals surface area (Å²) >= 11 is 0. The van der Waals surface area contributed by atoms with Gasteiger partial charge < -0.3 is 9.55 Å². The van der Waals surface area contributed by atoms with Crippen molar-refractivity contribution in [3.63, 3.8) is 0 Å². The van der Waals surface area contributed by atoms with Crippen molar-refractivity contribution in [1.82, 2.24) is 19.6 Å². The highest BCUT2D eigenvalue weighted by Crippen LogP contribution is 2.30. The molecule has 2 aromatic heterocycles. The summed E-state index contributed by atoms with van der Waals surface area (Å²) in [4.78, 5) is 6.78. The SMILES string of the molecule is BN1CCC[C@H]1Cn1nc(-c2ccc(Oc3ccccc3)cc2)c2cnccc21. The Labute approximate surface area is 171 Å². The van der Waals surface area contributed by atoms with Gasteiger partial charge in [0, 0.05) is 29.4 Å². The Bertz CT molecular complexity index is 1110. The summed E-state index contributed by atoms with van der Waals surface area (Å²) in [7, 11) is 2.21. The molecule has 0 amide bonds. The molecule has 0 N–H and O–H groups in total. The van der Waals surface area contributed by atoms with Gasteiger partial charge >= 0.3 is 0 Å². The number of hydrogen-bond donors (Lipinski definition) is 0. The van der Waals surface area contributed by atoms with Crippen LogP contribution in [0.4, 0.5) is 0 Å². The molecule has 2 aromatic carbocycles. The van der Waals surface area contributed by atoms with Crippen molar-refractivity contribution >= 4 is 18.9 Å². The van der Waals surface area contributed by atoms with Crippen molar-refractivity contribution < 1.29 is 4.74 Å². The molecule has 0 aliphatic carbocycles. The van der Waals surface area contributed by atoms with Gasteiger partial charge in [0.2, 0.25) is 0 Å². The minimum Gasteiger partial charge on any atom is -0.457 e. The van der Waals surface area contributed by atoms with Gasteiger partial charge in [-0.2, -0.15) is 5.10 Å². The van der Waals surface area contributed by atoms with Crippen molar-refractivity contribution in [2.45, 2.75) is 25.4 Å². The number of benzene rings is 2. The maximum atomic E-state index is 5.92. The zero-order valence-corrected chi connectivity index (χ0v) is 16.5. The standard InChI is InChI=1S/C23H23BN4O/c24-27-14-4-5-18(27)16-28-22-12-13-25-15-21(22)23(26-28)17-8-10-20(11-9-17)29-19-6-2-1-3-7-19/h1-3,6-13,15,18H,4-5,14,16,24H2/t18-/m0/s1. The van der Waals surface area contributed by atoms with Gasteiger partial charge in [0.25, 0.3) is 0 Å². The molecule has 29 heavy (non-hydrogen) atoms. The molecule has 1 fully saturated rings. The van der Waals surface area contributed by atoms with E-state index in [0.29, 0.717) is 6.04 Å². The Kier molecular flexibility index (Phi) is 4.78. The van der Waals surface area contributed by atoms with Gasteiger partial charge in [-0.3, -0.25) is 9.67 Å². The van der Waals surface area contributed by atoms with Crippen LogP contribution in [-0.2, 0) is 6.54 Å². The van der Waals surface area contributed by atoms with E-state index in [4.69, 9.17) is 9.84 Å². The summed E-state index contributed by atoms with van der Waals surface area (Å²) in [5.74, 6) is 1.65.